The summed E-state index contributed by atoms with van der Waals surface area (Å²) in [6, 6.07) is 16.8. The van der Waals surface area contributed by atoms with Crippen LogP contribution in [0, 0.1) is 0 Å². The van der Waals surface area contributed by atoms with Gasteiger partial charge in [0.2, 0.25) is 0 Å². The number of nitrogens with zero attached hydrogens (tertiary/aromatic N) is 1. The highest BCUT2D eigenvalue weighted by molar-refractivity contribution is 9.10. The molecular formula is C19H16BrNOS. The molecule has 2 heterocycles. The van der Waals surface area contributed by atoms with Crippen molar-refractivity contribution in [1.82, 2.24) is 4.57 Å². The smallest absolute Gasteiger partial charge is 0.0953 e. The van der Waals surface area contributed by atoms with Crippen molar-refractivity contribution in [3.8, 4) is 5.69 Å². The summed E-state index contributed by atoms with van der Waals surface area (Å²) in [6.07, 6.45) is 0. The molecule has 1 N–H and O–H groups in total. The predicted molar refractivity (Wildman–Crippen MR) is 102 cm³/mol. The number of hydrogen-bond donors (Lipinski definition) is 1. The van der Waals surface area contributed by atoms with Crippen LogP contribution in [-0.2, 0) is 5.60 Å². The standard InChI is InChI=1S/C19H16BrNOS/c1-19(2,22)18-16(10-11-23-18)21-15-9-4-3-6-12(15)13-7-5-8-14(20)17(13)21/h3-11,22H,1-2H3. The van der Waals surface area contributed by atoms with E-state index in [9.17, 15) is 5.11 Å². The lowest BCUT2D eigenvalue weighted by atomic mass is 10.1. The molecule has 2 nitrogen and oxygen atoms in total. The SMILES string of the molecule is CC(C)(O)c1sccc1-n1c2ccccc2c2cccc(Br)c21. The van der Waals surface area contributed by atoms with Gasteiger partial charge in [0.05, 0.1) is 27.2 Å². The number of halogens is 1. The van der Waals surface area contributed by atoms with E-state index in [0.29, 0.717) is 0 Å². The van der Waals surface area contributed by atoms with Gasteiger partial charge in [-0.1, -0.05) is 30.3 Å². The van der Waals surface area contributed by atoms with Crippen molar-refractivity contribution in [2.75, 3.05) is 0 Å². The second kappa shape index (κ2) is 5.20. The van der Waals surface area contributed by atoms with Gasteiger partial charge < -0.3 is 9.67 Å². The van der Waals surface area contributed by atoms with Crippen LogP contribution in [0.15, 0.2) is 58.4 Å². The molecule has 4 heteroatoms. The number of rotatable bonds is 2. The topological polar surface area (TPSA) is 25.2 Å². The number of aliphatic hydroxyl groups is 1. The van der Waals surface area contributed by atoms with E-state index in [0.717, 1.165) is 26.1 Å². The van der Waals surface area contributed by atoms with Crippen LogP contribution in [0.4, 0.5) is 0 Å². The average Bonchev–Trinajstić information content (AvgIpc) is 3.09. The molecular weight excluding hydrogens is 370 g/mol. The first-order valence-corrected chi connectivity index (χ1v) is 9.14. The molecule has 0 radical (unpaired) electrons. The lowest BCUT2D eigenvalue weighted by molar-refractivity contribution is 0.0826. The van der Waals surface area contributed by atoms with E-state index < -0.39 is 5.60 Å². The Hall–Kier alpha value is -1.62. The van der Waals surface area contributed by atoms with E-state index in [2.05, 4.69) is 69.0 Å². The Morgan fingerprint density at radius 1 is 1.00 bits per heavy atom. The largest absolute Gasteiger partial charge is 0.385 e. The maximum Gasteiger partial charge on any atom is 0.0953 e. The highest BCUT2D eigenvalue weighted by Crippen LogP contribution is 2.40. The van der Waals surface area contributed by atoms with E-state index in [-0.39, 0.29) is 0 Å². The summed E-state index contributed by atoms with van der Waals surface area (Å²) in [6.45, 7) is 3.68. The van der Waals surface area contributed by atoms with Gasteiger partial charge in [-0.15, -0.1) is 11.3 Å². The fourth-order valence-electron chi connectivity index (χ4n) is 3.16. The van der Waals surface area contributed by atoms with Crippen LogP contribution >= 0.6 is 27.3 Å². The molecule has 0 fully saturated rings. The third kappa shape index (κ3) is 2.24. The lowest BCUT2D eigenvalue weighted by Gasteiger charge is -2.19. The molecule has 0 unspecified atom stereocenters. The van der Waals surface area contributed by atoms with Crippen LogP contribution in [0.1, 0.15) is 18.7 Å². The van der Waals surface area contributed by atoms with E-state index in [4.69, 9.17) is 0 Å². The Morgan fingerprint density at radius 3 is 2.52 bits per heavy atom. The van der Waals surface area contributed by atoms with Gasteiger partial charge in [-0.3, -0.25) is 0 Å². The van der Waals surface area contributed by atoms with Gasteiger partial charge in [-0.05, 0) is 53.4 Å². The fraction of sp³-hybridized carbons (Fsp3) is 0.158. The molecule has 2 aromatic carbocycles. The first-order chi connectivity index (χ1) is 11.0. The summed E-state index contributed by atoms with van der Waals surface area (Å²) < 4.78 is 3.30. The summed E-state index contributed by atoms with van der Waals surface area (Å²) in [5.74, 6) is 0. The Balaban J connectivity index is 2.21. The normalized spacial score (nSPS) is 12.3. The maximum atomic E-state index is 10.6. The van der Waals surface area contributed by atoms with Crippen LogP contribution in [0.5, 0.6) is 0 Å². The summed E-state index contributed by atoms with van der Waals surface area (Å²) in [5.41, 5.74) is 2.46. The van der Waals surface area contributed by atoms with Gasteiger partial charge in [0, 0.05) is 15.2 Å². The third-order valence-corrected chi connectivity index (χ3v) is 5.94. The Labute approximate surface area is 147 Å². The quantitative estimate of drug-likeness (QED) is 0.460. The van der Waals surface area contributed by atoms with E-state index in [1.54, 1.807) is 11.3 Å². The summed E-state index contributed by atoms with van der Waals surface area (Å²) in [4.78, 5) is 0.968. The number of benzene rings is 2. The molecule has 0 bridgehead atoms. The lowest BCUT2D eigenvalue weighted by Crippen LogP contribution is -2.16. The van der Waals surface area contributed by atoms with Gasteiger partial charge in [0.15, 0.2) is 0 Å². The number of aromatic nitrogens is 1. The zero-order valence-electron chi connectivity index (χ0n) is 12.9. The molecule has 23 heavy (non-hydrogen) atoms. The molecule has 2 aromatic heterocycles. The van der Waals surface area contributed by atoms with Crippen LogP contribution in [0.2, 0.25) is 0 Å². The van der Waals surface area contributed by atoms with Crippen molar-refractivity contribution in [3.05, 3.63) is 63.3 Å². The summed E-state index contributed by atoms with van der Waals surface area (Å²) in [5, 5.41) is 15.0. The Bertz CT molecular complexity index is 1020. The molecule has 0 aliphatic heterocycles. The molecule has 0 aliphatic rings. The molecule has 0 spiro atoms. The predicted octanol–water partition coefficient (Wildman–Crippen LogP) is 5.84. The average molecular weight is 386 g/mol. The van der Waals surface area contributed by atoms with Gasteiger partial charge in [0.25, 0.3) is 0 Å². The van der Waals surface area contributed by atoms with Crippen LogP contribution in [0.25, 0.3) is 27.5 Å². The zero-order chi connectivity index (χ0) is 16.2. The molecule has 0 saturated carbocycles. The van der Waals surface area contributed by atoms with Gasteiger partial charge >= 0.3 is 0 Å². The molecule has 4 aromatic rings. The van der Waals surface area contributed by atoms with Crippen molar-refractivity contribution >= 4 is 49.1 Å². The molecule has 0 aliphatic carbocycles. The molecule has 116 valence electrons. The van der Waals surface area contributed by atoms with Crippen LogP contribution < -0.4 is 0 Å². The molecule has 0 atom stereocenters. The molecule has 0 saturated heterocycles. The number of para-hydroxylation sites is 2. The van der Waals surface area contributed by atoms with Gasteiger partial charge in [0.1, 0.15) is 0 Å². The minimum Gasteiger partial charge on any atom is -0.385 e. The summed E-state index contributed by atoms with van der Waals surface area (Å²) >= 11 is 5.30. The number of fused-ring (bicyclic) bond motifs is 3. The first kappa shape index (κ1) is 14.9. The fourth-order valence-corrected chi connectivity index (χ4v) is 4.61. The first-order valence-electron chi connectivity index (χ1n) is 7.47. The number of thiophene rings is 1. The van der Waals surface area contributed by atoms with E-state index >= 15 is 0 Å². The van der Waals surface area contributed by atoms with Crippen LogP contribution in [0.3, 0.4) is 0 Å². The van der Waals surface area contributed by atoms with Crippen molar-refractivity contribution in [3.63, 3.8) is 0 Å². The Kier molecular flexibility index (Phi) is 3.38. The monoisotopic (exact) mass is 385 g/mol. The highest BCUT2D eigenvalue weighted by atomic mass is 79.9. The maximum absolute atomic E-state index is 10.6. The van der Waals surface area contributed by atoms with Crippen LogP contribution in [-0.4, -0.2) is 9.67 Å². The van der Waals surface area contributed by atoms with E-state index in [1.807, 2.05) is 19.2 Å². The zero-order valence-corrected chi connectivity index (χ0v) is 15.3. The van der Waals surface area contributed by atoms with E-state index in [1.165, 1.54) is 10.8 Å². The highest BCUT2D eigenvalue weighted by Gasteiger charge is 2.25. The Morgan fingerprint density at radius 2 is 1.74 bits per heavy atom. The minimum atomic E-state index is -0.873. The summed E-state index contributed by atoms with van der Waals surface area (Å²) in [7, 11) is 0. The number of hydrogen-bond acceptors (Lipinski definition) is 2. The molecule has 4 rings (SSSR count). The van der Waals surface area contributed by atoms with Crippen molar-refractivity contribution in [2.45, 2.75) is 19.4 Å². The van der Waals surface area contributed by atoms with Gasteiger partial charge in [-0.25, -0.2) is 0 Å². The molecule has 0 amide bonds. The minimum absolute atomic E-state index is 0.873. The van der Waals surface area contributed by atoms with Crippen molar-refractivity contribution in [1.29, 1.82) is 0 Å². The van der Waals surface area contributed by atoms with Crippen molar-refractivity contribution in [2.24, 2.45) is 0 Å². The van der Waals surface area contributed by atoms with Crippen molar-refractivity contribution < 1.29 is 5.11 Å². The van der Waals surface area contributed by atoms with Gasteiger partial charge in [-0.2, -0.15) is 0 Å². The third-order valence-electron chi connectivity index (χ3n) is 4.09. The second-order valence-corrected chi connectivity index (χ2v) is 7.95. The second-order valence-electron chi connectivity index (χ2n) is 6.18.